The van der Waals surface area contributed by atoms with Gasteiger partial charge in [-0.1, -0.05) is 13.8 Å². The lowest BCUT2D eigenvalue weighted by Gasteiger charge is -2.56. The van der Waals surface area contributed by atoms with Gasteiger partial charge in [-0.2, -0.15) is 0 Å². The van der Waals surface area contributed by atoms with Gasteiger partial charge in [0.25, 0.3) is 0 Å². The van der Waals surface area contributed by atoms with Crippen LogP contribution in [0, 0.1) is 29.1 Å². The average molecular weight is 312 g/mol. The maximum atomic E-state index is 12.5. The summed E-state index contributed by atoms with van der Waals surface area (Å²) in [5.74, 6) is 4.12. The molecule has 4 fully saturated rings. The van der Waals surface area contributed by atoms with E-state index in [9.17, 15) is 4.79 Å². The molecule has 21 heavy (non-hydrogen) atoms. The Kier molecular flexibility index (Phi) is 4.55. The summed E-state index contributed by atoms with van der Waals surface area (Å²) in [4.78, 5) is 12.5. The first-order valence-corrected chi connectivity index (χ1v) is 9.37. The molecule has 1 amide bonds. The Bertz CT molecular complexity index is 357. The number of carbonyl (C=O) groups excluding carboxylic acids is 1. The van der Waals surface area contributed by atoms with Crippen molar-refractivity contribution in [3.8, 4) is 0 Å². The van der Waals surface area contributed by atoms with Crippen LogP contribution in [0.5, 0.6) is 0 Å². The molecule has 2 nitrogen and oxygen atoms in total. The minimum absolute atomic E-state index is 0.146. The average Bonchev–Trinajstić information content (AvgIpc) is 2.34. The molecule has 0 aliphatic heterocycles. The highest BCUT2D eigenvalue weighted by Gasteiger charge is 2.51. The first-order valence-electron chi connectivity index (χ1n) is 8.83. The predicted molar refractivity (Wildman–Crippen MR) is 87.3 cm³/mol. The molecule has 0 aromatic carbocycles. The molecule has 4 aliphatic rings. The molecule has 0 aromatic heterocycles. The standard InChI is InChI=1S/C18H30ClNO/c1-12(2)3-16(11-19)20-17(21)10-18-7-13-4-14(8-18)6-15(5-13)9-18/h12-16H,3-11H2,1-2H3,(H,20,21). The molecule has 3 heteroatoms. The highest BCUT2D eigenvalue weighted by atomic mass is 35.5. The van der Waals surface area contributed by atoms with E-state index >= 15 is 0 Å². The zero-order valence-electron chi connectivity index (χ0n) is 13.5. The largest absolute Gasteiger partial charge is 0.352 e. The minimum atomic E-state index is 0.146. The Morgan fingerprint density at radius 3 is 2.10 bits per heavy atom. The number of amides is 1. The first kappa shape index (κ1) is 15.6. The van der Waals surface area contributed by atoms with Gasteiger partial charge >= 0.3 is 0 Å². The third-order valence-corrected chi connectivity index (χ3v) is 6.38. The van der Waals surface area contributed by atoms with E-state index in [1.807, 2.05) is 0 Å². The molecule has 1 N–H and O–H groups in total. The van der Waals surface area contributed by atoms with Crippen LogP contribution in [0.25, 0.3) is 0 Å². The topological polar surface area (TPSA) is 29.1 Å². The van der Waals surface area contributed by atoms with Crippen molar-refractivity contribution in [2.24, 2.45) is 29.1 Å². The van der Waals surface area contributed by atoms with E-state index in [-0.39, 0.29) is 11.9 Å². The van der Waals surface area contributed by atoms with Crippen LogP contribution in [0.15, 0.2) is 0 Å². The van der Waals surface area contributed by atoms with Crippen LogP contribution < -0.4 is 5.32 Å². The van der Waals surface area contributed by atoms with Crippen LogP contribution in [0.1, 0.15) is 65.2 Å². The molecular weight excluding hydrogens is 282 g/mol. The van der Waals surface area contributed by atoms with E-state index in [0.29, 0.717) is 17.2 Å². The van der Waals surface area contributed by atoms with Gasteiger partial charge in [-0.15, -0.1) is 11.6 Å². The molecular formula is C18H30ClNO. The number of alkyl halides is 1. The SMILES string of the molecule is CC(C)CC(CCl)NC(=O)CC12CC3CC(CC(C3)C1)C2. The summed E-state index contributed by atoms with van der Waals surface area (Å²) in [7, 11) is 0. The Morgan fingerprint density at radius 1 is 1.14 bits per heavy atom. The highest BCUT2D eigenvalue weighted by molar-refractivity contribution is 6.18. The Morgan fingerprint density at radius 2 is 1.67 bits per heavy atom. The van der Waals surface area contributed by atoms with Gasteiger partial charge in [-0.3, -0.25) is 4.79 Å². The van der Waals surface area contributed by atoms with Crippen LogP contribution in [0.4, 0.5) is 0 Å². The van der Waals surface area contributed by atoms with Gasteiger partial charge in [0.15, 0.2) is 0 Å². The van der Waals surface area contributed by atoms with Crippen molar-refractivity contribution >= 4 is 17.5 Å². The molecule has 4 bridgehead atoms. The van der Waals surface area contributed by atoms with Crippen LogP contribution in [0.2, 0.25) is 0 Å². The molecule has 0 saturated heterocycles. The van der Waals surface area contributed by atoms with Gasteiger partial charge in [0.1, 0.15) is 0 Å². The molecule has 4 rings (SSSR count). The van der Waals surface area contributed by atoms with Crippen LogP contribution >= 0.6 is 11.6 Å². The maximum absolute atomic E-state index is 12.5. The van der Waals surface area contributed by atoms with Crippen molar-refractivity contribution < 1.29 is 4.79 Å². The summed E-state index contributed by atoms with van der Waals surface area (Å²) in [6, 6.07) is 0.146. The number of halogens is 1. The van der Waals surface area contributed by atoms with Crippen molar-refractivity contribution in [2.75, 3.05) is 5.88 Å². The van der Waals surface area contributed by atoms with Gasteiger partial charge in [0.05, 0.1) is 0 Å². The number of hydrogen-bond acceptors (Lipinski definition) is 1. The lowest BCUT2D eigenvalue weighted by Crippen LogP contribution is -2.49. The lowest BCUT2D eigenvalue weighted by molar-refractivity contribution is -0.130. The molecule has 1 unspecified atom stereocenters. The summed E-state index contributed by atoms with van der Waals surface area (Å²) in [6.07, 6.45) is 9.99. The smallest absolute Gasteiger partial charge is 0.220 e. The van der Waals surface area contributed by atoms with Crippen molar-refractivity contribution in [1.82, 2.24) is 5.32 Å². The molecule has 120 valence electrons. The van der Waals surface area contributed by atoms with Gasteiger partial charge in [0.2, 0.25) is 5.91 Å². The zero-order chi connectivity index (χ0) is 15.0. The monoisotopic (exact) mass is 311 g/mol. The maximum Gasteiger partial charge on any atom is 0.220 e. The van der Waals surface area contributed by atoms with Gasteiger partial charge in [-0.05, 0) is 74.0 Å². The lowest BCUT2D eigenvalue weighted by atomic mass is 9.49. The Labute approximate surface area is 134 Å². The second-order valence-corrected chi connectivity index (χ2v) is 8.95. The predicted octanol–water partition coefficient (Wildman–Crippen LogP) is 4.36. The molecule has 1 atom stereocenters. The summed E-state index contributed by atoms with van der Waals surface area (Å²) in [5, 5.41) is 3.20. The Balaban J connectivity index is 1.57. The fourth-order valence-electron chi connectivity index (χ4n) is 5.86. The van der Waals surface area contributed by atoms with E-state index in [2.05, 4.69) is 19.2 Å². The van der Waals surface area contributed by atoms with E-state index in [1.54, 1.807) is 0 Å². The second-order valence-electron chi connectivity index (χ2n) is 8.64. The molecule has 4 aliphatic carbocycles. The number of rotatable bonds is 6. The normalized spacial score (nSPS) is 38.8. The zero-order valence-corrected chi connectivity index (χ0v) is 14.3. The molecule has 0 spiro atoms. The van der Waals surface area contributed by atoms with E-state index < -0.39 is 0 Å². The first-order chi connectivity index (χ1) is 9.98. The molecule has 0 heterocycles. The van der Waals surface area contributed by atoms with Gasteiger partial charge in [-0.25, -0.2) is 0 Å². The molecule has 0 aromatic rings. The third kappa shape index (κ3) is 3.57. The number of carbonyl (C=O) groups is 1. The summed E-state index contributed by atoms with van der Waals surface area (Å²) in [6.45, 7) is 4.37. The fraction of sp³-hybridized carbons (Fsp3) is 0.944. The molecule has 0 radical (unpaired) electrons. The fourth-order valence-corrected chi connectivity index (χ4v) is 6.06. The Hall–Kier alpha value is -0.240. The van der Waals surface area contributed by atoms with Crippen molar-refractivity contribution in [3.05, 3.63) is 0 Å². The number of hydrogen-bond donors (Lipinski definition) is 1. The van der Waals surface area contributed by atoms with E-state index in [0.717, 1.165) is 30.6 Å². The quantitative estimate of drug-likeness (QED) is 0.725. The van der Waals surface area contributed by atoms with Gasteiger partial charge < -0.3 is 5.32 Å². The van der Waals surface area contributed by atoms with Crippen molar-refractivity contribution in [1.29, 1.82) is 0 Å². The summed E-state index contributed by atoms with van der Waals surface area (Å²) in [5.41, 5.74) is 0.341. The van der Waals surface area contributed by atoms with E-state index in [4.69, 9.17) is 11.6 Å². The molecule has 4 saturated carbocycles. The summed E-state index contributed by atoms with van der Waals surface area (Å²) >= 11 is 6.02. The number of nitrogens with one attached hydrogen (secondary N) is 1. The van der Waals surface area contributed by atoms with Crippen LogP contribution in [-0.2, 0) is 4.79 Å². The van der Waals surface area contributed by atoms with Gasteiger partial charge in [0, 0.05) is 18.3 Å². The van der Waals surface area contributed by atoms with Crippen LogP contribution in [0.3, 0.4) is 0 Å². The highest BCUT2D eigenvalue weighted by Crippen LogP contribution is 2.61. The van der Waals surface area contributed by atoms with Crippen molar-refractivity contribution in [3.63, 3.8) is 0 Å². The summed E-state index contributed by atoms with van der Waals surface area (Å²) < 4.78 is 0. The van der Waals surface area contributed by atoms with E-state index in [1.165, 1.54) is 38.5 Å². The minimum Gasteiger partial charge on any atom is -0.352 e. The second kappa shape index (κ2) is 6.10. The van der Waals surface area contributed by atoms with Crippen LogP contribution in [-0.4, -0.2) is 17.8 Å². The van der Waals surface area contributed by atoms with Crippen molar-refractivity contribution in [2.45, 2.75) is 71.3 Å². The third-order valence-electron chi connectivity index (χ3n) is 6.01.